The van der Waals surface area contributed by atoms with Gasteiger partial charge in [-0.3, -0.25) is 14.4 Å². The molecule has 0 aliphatic heterocycles. The van der Waals surface area contributed by atoms with E-state index in [-0.39, 0.29) is 17.7 Å². The minimum absolute atomic E-state index is 0.00745. The topological polar surface area (TPSA) is 78.5 Å². The number of nitrogens with one attached hydrogen (secondary N) is 2. The largest absolute Gasteiger partial charge is 0.340 e. The Bertz CT molecular complexity index is 987. The third-order valence-electron chi connectivity index (χ3n) is 6.35. The van der Waals surface area contributed by atoms with Crippen LogP contribution in [0.5, 0.6) is 0 Å². The molecule has 34 heavy (non-hydrogen) atoms. The van der Waals surface area contributed by atoms with Crippen LogP contribution in [0.1, 0.15) is 64.8 Å². The first kappa shape index (κ1) is 25.8. The Morgan fingerprint density at radius 2 is 1.74 bits per heavy atom. The molecule has 0 bridgehead atoms. The Kier molecular flexibility index (Phi) is 9.57. The molecular formula is C27H35N3O3S. The van der Waals surface area contributed by atoms with Crippen LogP contribution in [0.2, 0.25) is 0 Å². The minimum atomic E-state index is -0.654. The van der Waals surface area contributed by atoms with E-state index < -0.39 is 6.04 Å². The highest BCUT2D eigenvalue weighted by atomic mass is 32.2. The van der Waals surface area contributed by atoms with Crippen molar-refractivity contribution in [2.24, 2.45) is 0 Å². The molecule has 2 aromatic rings. The maximum absolute atomic E-state index is 13.0. The van der Waals surface area contributed by atoms with Crippen molar-refractivity contribution in [3.05, 3.63) is 65.2 Å². The molecule has 0 heterocycles. The van der Waals surface area contributed by atoms with Gasteiger partial charge in [-0.2, -0.15) is 11.8 Å². The van der Waals surface area contributed by atoms with Crippen molar-refractivity contribution in [2.75, 3.05) is 24.4 Å². The molecule has 182 valence electrons. The SMILES string of the molecule is CSCCC(NC(=O)c1cccc(C)c1)C(=O)Nc1ccc(C(=O)N(C)C2CCCCC2)cc1. The summed E-state index contributed by atoms with van der Waals surface area (Å²) in [5.41, 5.74) is 2.73. The molecule has 1 unspecified atom stereocenters. The Balaban J connectivity index is 1.63. The van der Waals surface area contributed by atoms with Gasteiger partial charge in [-0.05, 0) is 74.6 Å². The lowest BCUT2D eigenvalue weighted by Gasteiger charge is -2.31. The second kappa shape index (κ2) is 12.6. The first-order chi connectivity index (χ1) is 16.4. The molecule has 1 atom stereocenters. The summed E-state index contributed by atoms with van der Waals surface area (Å²) < 4.78 is 0. The Hall–Kier alpha value is -2.80. The van der Waals surface area contributed by atoms with E-state index in [2.05, 4.69) is 10.6 Å². The summed E-state index contributed by atoms with van der Waals surface area (Å²) >= 11 is 1.63. The number of anilines is 1. The van der Waals surface area contributed by atoms with Crippen LogP contribution >= 0.6 is 11.8 Å². The zero-order valence-electron chi connectivity index (χ0n) is 20.3. The van der Waals surface area contributed by atoms with Gasteiger partial charge in [0.2, 0.25) is 5.91 Å². The highest BCUT2D eigenvalue weighted by molar-refractivity contribution is 7.98. The van der Waals surface area contributed by atoms with Crippen LogP contribution in [0, 0.1) is 6.92 Å². The van der Waals surface area contributed by atoms with E-state index in [1.165, 1.54) is 19.3 Å². The van der Waals surface area contributed by atoms with Crippen LogP contribution < -0.4 is 10.6 Å². The summed E-state index contributed by atoms with van der Waals surface area (Å²) in [5, 5.41) is 5.76. The number of rotatable bonds is 9. The van der Waals surface area contributed by atoms with Gasteiger partial charge in [0.05, 0.1) is 0 Å². The van der Waals surface area contributed by atoms with Crippen molar-refractivity contribution in [1.82, 2.24) is 10.2 Å². The average molecular weight is 482 g/mol. The van der Waals surface area contributed by atoms with E-state index >= 15 is 0 Å². The van der Waals surface area contributed by atoms with Gasteiger partial charge in [-0.1, -0.05) is 37.0 Å². The van der Waals surface area contributed by atoms with Crippen molar-refractivity contribution >= 4 is 35.2 Å². The number of benzene rings is 2. The third kappa shape index (κ3) is 7.10. The fraction of sp³-hybridized carbons (Fsp3) is 0.444. The van der Waals surface area contributed by atoms with Gasteiger partial charge in [0, 0.05) is 29.9 Å². The number of hydrogen-bond donors (Lipinski definition) is 2. The quantitative estimate of drug-likeness (QED) is 0.535. The molecule has 1 aliphatic rings. The lowest BCUT2D eigenvalue weighted by atomic mass is 9.94. The van der Waals surface area contributed by atoms with Gasteiger partial charge >= 0.3 is 0 Å². The van der Waals surface area contributed by atoms with Crippen LogP contribution in [0.25, 0.3) is 0 Å². The number of nitrogens with zero attached hydrogens (tertiary/aromatic N) is 1. The molecule has 6 nitrogen and oxygen atoms in total. The van der Waals surface area contributed by atoms with Crippen molar-refractivity contribution in [3.63, 3.8) is 0 Å². The molecule has 3 rings (SSSR count). The molecule has 1 aliphatic carbocycles. The predicted molar refractivity (Wildman–Crippen MR) is 139 cm³/mol. The summed E-state index contributed by atoms with van der Waals surface area (Å²) in [5.74, 6) is 0.214. The predicted octanol–water partition coefficient (Wildman–Crippen LogP) is 4.89. The maximum Gasteiger partial charge on any atom is 0.253 e. The number of aryl methyl sites for hydroxylation is 1. The van der Waals surface area contributed by atoms with Crippen molar-refractivity contribution < 1.29 is 14.4 Å². The fourth-order valence-corrected chi connectivity index (χ4v) is 4.77. The van der Waals surface area contributed by atoms with Crippen molar-refractivity contribution in [1.29, 1.82) is 0 Å². The minimum Gasteiger partial charge on any atom is -0.340 e. The number of thioether (sulfide) groups is 1. The molecule has 1 fully saturated rings. The van der Waals surface area contributed by atoms with Gasteiger partial charge in [-0.15, -0.1) is 0 Å². The van der Waals surface area contributed by atoms with Crippen molar-refractivity contribution in [3.8, 4) is 0 Å². The van der Waals surface area contributed by atoms with Gasteiger partial charge in [0.25, 0.3) is 11.8 Å². The summed E-state index contributed by atoms with van der Waals surface area (Å²) in [4.78, 5) is 40.4. The maximum atomic E-state index is 13.0. The molecule has 0 spiro atoms. The molecule has 7 heteroatoms. The summed E-state index contributed by atoms with van der Waals surface area (Å²) in [6.07, 6.45) is 8.20. The molecule has 0 radical (unpaired) electrons. The first-order valence-corrected chi connectivity index (χ1v) is 13.3. The zero-order valence-corrected chi connectivity index (χ0v) is 21.1. The Morgan fingerprint density at radius 3 is 2.38 bits per heavy atom. The van der Waals surface area contributed by atoms with Gasteiger partial charge in [-0.25, -0.2) is 0 Å². The van der Waals surface area contributed by atoms with Crippen molar-refractivity contribution in [2.45, 2.75) is 57.5 Å². The number of amides is 3. The van der Waals surface area contributed by atoms with Crippen LogP contribution in [0.3, 0.4) is 0 Å². The fourth-order valence-electron chi connectivity index (χ4n) is 4.30. The molecule has 2 N–H and O–H groups in total. The summed E-state index contributed by atoms with van der Waals surface area (Å²) in [6, 6.07) is 13.9. The zero-order chi connectivity index (χ0) is 24.5. The van der Waals surface area contributed by atoms with E-state index in [1.807, 2.05) is 37.3 Å². The standard InChI is InChI=1S/C27H35N3O3S/c1-19-8-7-9-21(18-19)25(31)29-24(16-17-34-3)26(32)28-22-14-12-20(13-15-22)27(33)30(2)23-10-5-4-6-11-23/h7-9,12-15,18,23-24H,4-6,10-11,16-17H2,1-3H3,(H,28,32)(H,29,31). The Labute approximate surface area is 206 Å². The Morgan fingerprint density at radius 1 is 1.03 bits per heavy atom. The van der Waals surface area contributed by atoms with Crippen LogP contribution in [-0.2, 0) is 4.79 Å². The van der Waals surface area contributed by atoms with E-state index in [0.29, 0.717) is 29.3 Å². The molecule has 0 aromatic heterocycles. The lowest BCUT2D eigenvalue weighted by Crippen LogP contribution is -2.44. The smallest absolute Gasteiger partial charge is 0.253 e. The van der Waals surface area contributed by atoms with Crippen LogP contribution in [0.4, 0.5) is 5.69 Å². The second-order valence-electron chi connectivity index (χ2n) is 8.95. The lowest BCUT2D eigenvalue weighted by molar-refractivity contribution is -0.118. The van der Waals surface area contributed by atoms with Gasteiger partial charge in [0.1, 0.15) is 6.04 Å². The highest BCUT2D eigenvalue weighted by Gasteiger charge is 2.24. The number of carbonyl (C=O) groups is 3. The summed E-state index contributed by atoms with van der Waals surface area (Å²) in [7, 11) is 1.88. The average Bonchev–Trinajstić information content (AvgIpc) is 2.86. The van der Waals surface area contributed by atoms with Gasteiger partial charge in [0.15, 0.2) is 0 Å². The van der Waals surface area contributed by atoms with E-state index in [4.69, 9.17) is 0 Å². The summed E-state index contributed by atoms with van der Waals surface area (Å²) in [6.45, 7) is 1.93. The number of carbonyl (C=O) groups excluding carboxylic acids is 3. The van der Waals surface area contributed by atoms with Gasteiger partial charge < -0.3 is 15.5 Å². The van der Waals surface area contributed by atoms with Crippen LogP contribution in [-0.4, -0.2) is 53.8 Å². The monoisotopic (exact) mass is 481 g/mol. The van der Waals surface area contributed by atoms with Crippen LogP contribution in [0.15, 0.2) is 48.5 Å². The third-order valence-corrected chi connectivity index (χ3v) is 7.00. The molecule has 3 amide bonds. The first-order valence-electron chi connectivity index (χ1n) is 11.9. The molecule has 2 aromatic carbocycles. The highest BCUT2D eigenvalue weighted by Crippen LogP contribution is 2.23. The van der Waals surface area contributed by atoms with E-state index in [1.54, 1.807) is 48.2 Å². The number of hydrogen-bond acceptors (Lipinski definition) is 4. The molecule has 0 saturated heterocycles. The van der Waals surface area contributed by atoms with E-state index in [0.717, 1.165) is 24.2 Å². The second-order valence-corrected chi connectivity index (χ2v) is 9.94. The normalized spacial score (nSPS) is 14.8. The van der Waals surface area contributed by atoms with E-state index in [9.17, 15) is 14.4 Å². The molecular weight excluding hydrogens is 446 g/mol. The molecule has 1 saturated carbocycles.